The number of ether oxygens (including phenoxy) is 1. The van der Waals surface area contributed by atoms with Crippen molar-refractivity contribution in [2.24, 2.45) is 0 Å². The van der Waals surface area contributed by atoms with Crippen LogP contribution in [-0.2, 0) is 17.5 Å². The van der Waals surface area contributed by atoms with Gasteiger partial charge < -0.3 is 9.26 Å². The van der Waals surface area contributed by atoms with Crippen LogP contribution in [0.15, 0.2) is 28.8 Å². The second-order valence-electron chi connectivity index (χ2n) is 5.48. The van der Waals surface area contributed by atoms with E-state index in [9.17, 15) is 13.2 Å². The lowest BCUT2D eigenvalue weighted by atomic mass is 10.1. The van der Waals surface area contributed by atoms with Gasteiger partial charge in [0.15, 0.2) is 0 Å². The summed E-state index contributed by atoms with van der Waals surface area (Å²) >= 11 is 0. The first kappa shape index (κ1) is 15.9. The molecule has 2 heterocycles. The molecule has 1 aliphatic heterocycles. The maximum absolute atomic E-state index is 12.8. The van der Waals surface area contributed by atoms with Gasteiger partial charge in [0.25, 0.3) is 0 Å². The topological polar surface area (TPSA) is 51.4 Å². The molecule has 3 rings (SSSR count). The molecule has 1 fully saturated rings. The largest absolute Gasteiger partial charge is 0.416 e. The van der Waals surface area contributed by atoms with E-state index in [1.165, 1.54) is 12.1 Å². The van der Waals surface area contributed by atoms with Crippen molar-refractivity contribution in [3.8, 4) is 11.4 Å². The lowest BCUT2D eigenvalue weighted by Crippen LogP contribution is -2.42. The van der Waals surface area contributed by atoms with Crippen LogP contribution in [0.1, 0.15) is 18.4 Å². The molecular formula is C15H16F3N3O2. The normalized spacial score (nSPS) is 19.9. The van der Waals surface area contributed by atoms with Crippen molar-refractivity contribution >= 4 is 0 Å². The molecule has 0 N–H and O–H groups in total. The Balaban J connectivity index is 1.77. The summed E-state index contributed by atoms with van der Waals surface area (Å²) in [5.74, 6) is 0.540. The van der Waals surface area contributed by atoms with E-state index < -0.39 is 11.7 Å². The fourth-order valence-electron chi connectivity index (χ4n) is 2.44. The summed E-state index contributed by atoms with van der Waals surface area (Å²) in [4.78, 5) is 6.34. The first-order chi connectivity index (χ1) is 10.9. The van der Waals surface area contributed by atoms with Crippen molar-refractivity contribution in [2.45, 2.75) is 25.7 Å². The molecule has 0 bridgehead atoms. The number of nitrogens with zero attached hydrogens (tertiary/aromatic N) is 3. The minimum absolute atomic E-state index is 0.159. The molecule has 1 atom stereocenters. The monoisotopic (exact) mass is 327 g/mol. The van der Waals surface area contributed by atoms with Crippen LogP contribution in [-0.4, -0.2) is 40.8 Å². The molecule has 1 saturated heterocycles. The predicted molar refractivity (Wildman–Crippen MR) is 75.4 cm³/mol. The van der Waals surface area contributed by atoms with Crippen LogP contribution in [0.25, 0.3) is 11.4 Å². The zero-order chi connectivity index (χ0) is 16.4. The van der Waals surface area contributed by atoms with Crippen molar-refractivity contribution in [1.82, 2.24) is 15.0 Å². The third-order valence-electron chi connectivity index (χ3n) is 3.76. The number of benzene rings is 1. The average Bonchev–Trinajstić information content (AvgIpc) is 2.98. The molecule has 124 valence electrons. The van der Waals surface area contributed by atoms with Gasteiger partial charge in [-0.25, -0.2) is 0 Å². The van der Waals surface area contributed by atoms with Crippen LogP contribution >= 0.6 is 0 Å². The van der Waals surface area contributed by atoms with Crippen molar-refractivity contribution < 1.29 is 22.4 Å². The van der Waals surface area contributed by atoms with Crippen LogP contribution in [0.4, 0.5) is 13.2 Å². The summed E-state index contributed by atoms with van der Waals surface area (Å²) in [6.45, 7) is 4.51. The quantitative estimate of drug-likeness (QED) is 0.867. The molecule has 5 nitrogen and oxygen atoms in total. The van der Waals surface area contributed by atoms with Gasteiger partial charge in [0.2, 0.25) is 11.7 Å². The predicted octanol–water partition coefficient (Wildman–Crippen LogP) is 2.98. The fourth-order valence-corrected chi connectivity index (χ4v) is 2.44. The molecule has 0 unspecified atom stereocenters. The highest BCUT2D eigenvalue weighted by Gasteiger charge is 2.31. The van der Waals surface area contributed by atoms with Crippen LogP contribution in [0.3, 0.4) is 0 Å². The Bertz CT molecular complexity index is 672. The van der Waals surface area contributed by atoms with E-state index in [0.717, 1.165) is 18.7 Å². The summed E-state index contributed by atoms with van der Waals surface area (Å²) in [5, 5.41) is 3.79. The fraction of sp³-hybridized carbons (Fsp3) is 0.467. The van der Waals surface area contributed by atoms with Gasteiger partial charge in [-0.05, 0) is 19.1 Å². The van der Waals surface area contributed by atoms with E-state index >= 15 is 0 Å². The van der Waals surface area contributed by atoms with E-state index in [1.54, 1.807) is 0 Å². The second-order valence-corrected chi connectivity index (χ2v) is 5.48. The molecule has 1 aliphatic rings. The summed E-state index contributed by atoms with van der Waals surface area (Å²) in [5.41, 5.74) is -0.451. The molecule has 0 radical (unpaired) electrons. The number of halogens is 3. The molecule has 1 aromatic carbocycles. The Labute approximate surface area is 131 Å². The second kappa shape index (κ2) is 6.29. The molecule has 0 spiro atoms. The van der Waals surface area contributed by atoms with Gasteiger partial charge in [-0.1, -0.05) is 17.3 Å². The zero-order valence-corrected chi connectivity index (χ0v) is 12.5. The zero-order valence-electron chi connectivity index (χ0n) is 12.5. The van der Waals surface area contributed by atoms with Crippen LogP contribution < -0.4 is 0 Å². The average molecular weight is 327 g/mol. The molecule has 23 heavy (non-hydrogen) atoms. The third-order valence-corrected chi connectivity index (χ3v) is 3.76. The van der Waals surface area contributed by atoms with Crippen molar-refractivity contribution in [3.05, 3.63) is 35.7 Å². The van der Waals surface area contributed by atoms with Crippen molar-refractivity contribution in [3.63, 3.8) is 0 Å². The Morgan fingerprint density at radius 1 is 1.35 bits per heavy atom. The minimum atomic E-state index is -4.40. The minimum Gasteiger partial charge on any atom is -0.379 e. The Hall–Kier alpha value is -1.93. The first-order valence-electron chi connectivity index (χ1n) is 7.25. The van der Waals surface area contributed by atoms with E-state index in [2.05, 4.69) is 15.0 Å². The van der Waals surface area contributed by atoms with E-state index in [0.29, 0.717) is 25.6 Å². The maximum Gasteiger partial charge on any atom is 0.416 e. The SMILES string of the molecule is C[C@H]1COCCN1Cc1nc(-c2cccc(C(F)(F)F)c2)no1. The lowest BCUT2D eigenvalue weighted by molar-refractivity contribution is -0.137. The summed E-state index contributed by atoms with van der Waals surface area (Å²) < 4.78 is 48.8. The Kier molecular flexibility index (Phi) is 4.36. The van der Waals surface area contributed by atoms with Gasteiger partial charge in [0.05, 0.1) is 25.3 Å². The lowest BCUT2D eigenvalue weighted by Gasteiger charge is -2.31. The first-order valence-corrected chi connectivity index (χ1v) is 7.25. The number of morpholine rings is 1. The third kappa shape index (κ3) is 3.70. The van der Waals surface area contributed by atoms with Gasteiger partial charge in [0.1, 0.15) is 0 Å². The molecule has 2 aromatic rings. The van der Waals surface area contributed by atoms with Crippen molar-refractivity contribution in [2.75, 3.05) is 19.8 Å². The van der Waals surface area contributed by atoms with Gasteiger partial charge in [-0.3, -0.25) is 4.90 Å². The molecule has 1 aromatic heterocycles. The van der Waals surface area contributed by atoms with E-state index in [-0.39, 0.29) is 17.4 Å². The van der Waals surface area contributed by atoms with Gasteiger partial charge in [-0.2, -0.15) is 18.2 Å². The number of rotatable bonds is 3. The smallest absolute Gasteiger partial charge is 0.379 e. The van der Waals surface area contributed by atoms with Crippen LogP contribution in [0.2, 0.25) is 0 Å². The Morgan fingerprint density at radius 3 is 2.91 bits per heavy atom. The van der Waals surface area contributed by atoms with Gasteiger partial charge in [0, 0.05) is 18.2 Å². The Morgan fingerprint density at radius 2 is 2.17 bits per heavy atom. The van der Waals surface area contributed by atoms with E-state index in [4.69, 9.17) is 9.26 Å². The van der Waals surface area contributed by atoms with Crippen molar-refractivity contribution in [1.29, 1.82) is 0 Å². The standard InChI is InChI=1S/C15H16F3N3O2/c1-10-9-22-6-5-21(10)8-13-19-14(20-23-13)11-3-2-4-12(7-11)15(16,17)18/h2-4,7,10H,5-6,8-9H2,1H3/t10-/m0/s1. The molecule has 0 aliphatic carbocycles. The molecular weight excluding hydrogens is 311 g/mol. The number of hydrogen-bond donors (Lipinski definition) is 0. The highest BCUT2D eigenvalue weighted by atomic mass is 19.4. The molecule has 0 saturated carbocycles. The number of hydrogen-bond acceptors (Lipinski definition) is 5. The number of alkyl halides is 3. The highest BCUT2D eigenvalue weighted by Crippen LogP contribution is 2.31. The van der Waals surface area contributed by atoms with Crippen LogP contribution in [0, 0.1) is 0 Å². The maximum atomic E-state index is 12.8. The summed E-state index contributed by atoms with van der Waals surface area (Å²) in [7, 11) is 0. The summed E-state index contributed by atoms with van der Waals surface area (Å²) in [6, 6.07) is 5.12. The van der Waals surface area contributed by atoms with E-state index in [1.807, 2.05) is 6.92 Å². The highest BCUT2D eigenvalue weighted by molar-refractivity contribution is 5.55. The number of aromatic nitrogens is 2. The van der Waals surface area contributed by atoms with Gasteiger partial charge in [-0.15, -0.1) is 0 Å². The van der Waals surface area contributed by atoms with Crippen LogP contribution in [0.5, 0.6) is 0 Å². The summed E-state index contributed by atoms with van der Waals surface area (Å²) in [6.07, 6.45) is -4.40. The molecule has 8 heteroatoms. The molecule has 0 amide bonds. The van der Waals surface area contributed by atoms with Gasteiger partial charge >= 0.3 is 6.18 Å².